The molecule has 0 unspecified atom stereocenters. The summed E-state index contributed by atoms with van der Waals surface area (Å²) < 4.78 is 0. The molecule has 0 aromatic heterocycles. The number of anilines is 2. The first-order chi connectivity index (χ1) is 10.5. The van der Waals surface area contributed by atoms with Crippen molar-refractivity contribution in [3.8, 4) is 0 Å². The van der Waals surface area contributed by atoms with Gasteiger partial charge in [-0.3, -0.25) is 4.79 Å². The van der Waals surface area contributed by atoms with Crippen LogP contribution in [-0.4, -0.2) is 11.1 Å². The Labute approximate surface area is 139 Å². The highest BCUT2D eigenvalue weighted by atomic mass is 35.5. The summed E-state index contributed by atoms with van der Waals surface area (Å²) in [5.41, 5.74) is 2.37. The van der Waals surface area contributed by atoms with Gasteiger partial charge in [0.2, 0.25) is 0 Å². The van der Waals surface area contributed by atoms with Crippen LogP contribution in [0, 0.1) is 5.92 Å². The molecule has 2 N–H and O–H groups in total. The van der Waals surface area contributed by atoms with Crippen molar-refractivity contribution in [1.29, 1.82) is 0 Å². The van der Waals surface area contributed by atoms with E-state index in [9.17, 15) is 9.90 Å². The van der Waals surface area contributed by atoms with Crippen LogP contribution in [0.1, 0.15) is 18.9 Å². The molecular weight excluding hydrogens is 321 g/mol. The maximum absolute atomic E-state index is 11.3. The standard InChI is InChI=1S/C17H17Cl2NO2/c1-2-11(17(21)22)10-12-6-3-4-9-15(12)20-16-13(18)7-5-8-14(16)19/h3-9,11,20H,2,10H2,1H3,(H,21,22)/t11-/m1/s1. The van der Waals surface area contributed by atoms with E-state index in [1.807, 2.05) is 31.2 Å². The normalized spacial score (nSPS) is 12.0. The van der Waals surface area contributed by atoms with Gasteiger partial charge < -0.3 is 10.4 Å². The van der Waals surface area contributed by atoms with Gasteiger partial charge in [-0.15, -0.1) is 0 Å². The largest absolute Gasteiger partial charge is 0.481 e. The van der Waals surface area contributed by atoms with E-state index in [4.69, 9.17) is 23.2 Å². The molecule has 1 atom stereocenters. The van der Waals surface area contributed by atoms with E-state index in [1.54, 1.807) is 18.2 Å². The molecule has 0 radical (unpaired) electrons. The zero-order valence-corrected chi connectivity index (χ0v) is 13.7. The first-order valence-electron chi connectivity index (χ1n) is 7.04. The fourth-order valence-electron chi connectivity index (χ4n) is 2.24. The van der Waals surface area contributed by atoms with Gasteiger partial charge in [-0.25, -0.2) is 0 Å². The molecule has 22 heavy (non-hydrogen) atoms. The maximum Gasteiger partial charge on any atom is 0.306 e. The molecule has 0 bridgehead atoms. The van der Waals surface area contributed by atoms with Crippen molar-refractivity contribution >= 4 is 40.5 Å². The lowest BCUT2D eigenvalue weighted by Crippen LogP contribution is -2.16. The number of benzene rings is 2. The predicted octanol–water partition coefficient (Wildman–Crippen LogP) is 5.39. The van der Waals surface area contributed by atoms with Crippen molar-refractivity contribution < 1.29 is 9.90 Å². The van der Waals surface area contributed by atoms with Gasteiger partial charge in [0.1, 0.15) is 0 Å². The number of hydrogen-bond donors (Lipinski definition) is 2. The molecule has 0 aliphatic heterocycles. The van der Waals surface area contributed by atoms with Crippen LogP contribution in [0.25, 0.3) is 0 Å². The molecule has 0 aliphatic rings. The van der Waals surface area contributed by atoms with Crippen molar-refractivity contribution in [2.24, 2.45) is 5.92 Å². The Hall–Kier alpha value is -1.71. The third-order valence-corrected chi connectivity index (χ3v) is 4.18. The highest BCUT2D eigenvalue weighted by Gasteiger charge is 2.17. The molecule has 0 amide bonds. The Morgan fingerprint density at radius 2 is 1.77 bits per heavy atom. The first-order valence-corrected chi connectivity index (χ1v) is 7.80. The minimum Gasteiger partial charge on any atom is -0.481 e. The van der Waals surface area contributed by atoms with Crippen LogP contribution >= 0.6 is 23.2 Å². The van der Waals surface area contributed by atoms with Crippen molar-refractivity contribution in [3.63, 3.8) is 0 Å². The van der Waals surface area contributed by atoms with E-state index < -0.39 is 11.9 Å². The maximum atomic E-state index is 11.3. The fraction of sp³-hybridized carbons (Fsp3) is 0.235. The van der Waals surface area contributed by atoms with Crippen molar-refractivity contribution in [2.45, 2.75) is 19.8 Å². The van der Waals surface area contributed by atoms with Crippen molar-refractivity contribution in [1.82, 2.24) is 0 Å². The Morgan fingerprint density at radius 3 is 2.36 bits per heavy atom. The number of halogens is 2. The molecular formula is C17H17Cl2NO2. The van der Waals surface area contributed by atoms with Gasteiger partial charge in [0, 0.05) is 5.69 Å². The summed E-state index contributed by atoms with van der Waals surface area (Å²) in [5, 5.41) is 13.5. The van der Waals surface area contributed by atoms with Crippen LogP contribution in [0.15, 0.2) is 42.5 Å². The summed E-state index contributed by atoms with van der Waals surface area (Å²) in [5.74, 6) is -1.20. The molecule has 0 saturated heterocycles. The number of carboxylic acids is 1. The molecule has 0 spiro atoms. The molecule has 0 fully saturated rings. The van der Waals surface area contributed by atoms with Crippen LogP contribution in [0.5, 0.6) is 0 Å². The average molecular weight is 338 g/mol. The van der Waals surface area contributed by atoms with Gasteiger partial charge in [-0.2, -0.15) is 0 Å². The highest BCUT2D eigenvalue weighted by molar-refractivity contribution is 6.39. The molecule has 2 aromatic rings. The van der Waals surface area contributed by atoms with E-state index >= 15 is 0 Å². The Kier molecular flexibility index (Phi) is 5.69. The van der Waals surface area contributed by atoms with Crippen LogP contribution < -0.4 is 5.32 Å². The monoisotopic (exact) mass is 337 g/mol. The summed E-state index contributed by atoms with van der Waals surface area (Å²) in [6.45, 7) is 1.87. The van der Waals surface area contributed by atoms with Crippen LogP contribution in [0.2, 0.25) is 10.0 Å². The zero-order chi connectivity index (χ0) is 16.1. The van der Waals surface area contributed by atoms with Crippen molar-refractivity contribution in [2.75, 3.05) is 5.32 Å². The van der Waals surface area contributed by atoms with E-state index in [-0.39, 0.29) is 0 Å². The first kappa shape index (κ1) is 16.7. The molecule has 2 aromatic carbocycles. The van der Waals surface area contributed by atoms with Gasteiger partial charge in [-0.05, 0) is 36.6 Å². The second-order valence-electron chi connectivity index (χ2n) is 5.03. The number of carbonyl (C=O) groups is 1. The lowest BCUT2D eigenvalue weighted by molar-refractivity contribution is -0.141. The lowest BCUT2D eigenvalue weighted by Gasteiger charge is -2.16. The van der Waals surface area contributed by atoms with Crippen LogP contribution in [-0.2, 0) is 11.2 Å². The van der Waals surface area contributed by atoms with E-state index in [0.29, 0.717) is 28.6 Å². The molecule has 0 saturated carbocycles. The van der Waals surface area contributed by atoms with Crippen molar-refractivity contribution in [3.05, 3.63) is 58.1 Å². The summed E-state index contributed by atoms with van der Waals surface area (Å²) in [6, 6.07) is 12.9. The van der Waals surface area contributed by atoms with E-state index in [1.165, 1.54) is 0 Å². The topological polar surface area (TPSA) is 49.3 Å². The van der Waals surface area contributed by atoms with E-state index in [2.05, 4.69) is 5.32 Å². The summed E-state index contributed by atoms with van der Waals surface area (Å²) in [7, 11) is 0. The van der Waals surface area contributed by atoms with Crippen LogP contribution in [0.4, 0.5) is 11.4 Å². The van der Waals surface area contributed by atoms with Gasteiger partial charge in [-0.1, -0.05) is 54.4 Å². The Balaban J connectivity index is 2.31. The predicted molar refractivity (Wildman–Crippen MR) is 91.3 cm³/mol. The molecule has 2 rings (SSSR count). The molecule has 0 heterocycles. The minimum absolute atomic E-state index is 0.412. The lowest BCUT2D eigenvalue weighted by atomic mass is 9.96. The van der Waals surface area contributed by atoms with Gasteiger partial charge in [0.15, 0.2) is 0 Å². The van der Waals surface area contributed by atoms with Gasteiger partial charge >= 0.3 is 5.97 Å². The van der Waals surface area contributed by atoms with Crippen LogP contribution in [0.3, 0.4) is 0 Å². The Morgan fingerprint density at radius 1 is 1.14 bits per heavy atom. The number of carboxylic acid groups (broad SMARTS) is 1. The number of para-hydroxylation sites is 2. The molecule has 0 aliphatic carbocycles. The summed E-state index contributed by atoms with van der Waals surface area (Å²) >= 11 is 12.3. The average Bonchev–Trinajstić information content (AvgIpc) is 2.49. The molecule has 5 heteroatoms. The smallest absolute Gasteiger partial charge is 0.306 e. The minimum atomic E-state index is -0.784. The second-order valence-corrected chi connectivity index (χ2v) is 5.84. The van der Waals surface area contributed by atoms with Gasteiger partial charge in [0.25, 0.3) is 0 Å². The fourth-order valence-corrected chi connectivity index (χ4v) is 2.74. The third kappa shape index (κ3) is 3.93. The number of aliphatic carboxylic acids is 1. The zero-order valence-electron chi connectivity index (χ0n) is 12.1. The number of rotatable bonds is 6. The third-order valence-electron chi connectivity index (χ3n) is 3.55. The molecule has 116 valence electrons. The Bertz CT molecular complexity index is 653. The summed E-state index contributed by atoms with van der Waals surface area (Å²) in [6.07, 6.45) is 1.04. The van der Waals surface area contributed by atoms with E-state index in [0.717, 1.165) is 11.3 Å². The quantitative estimate of drug-likeness (QED) is 0.742. The second kappa shape index (κ2) is 7.52. The summed E-state index contributed by atoms with van der Waals surface area (Å²) in [4.78, 5) is 11.3. The SMILES string of the molecule is CC[C@H](Cc1ccccc1Nc1c(Cl)cccc1Cl)C(=O)O. The number of nitrogens with one attached hydrogen (secondary N) is 1. The number of hydrogen-bond acceptors (Lipinski definition) is 2. The molecule has 3 nitrogen and oxygen atoms in total. The highest BCUT2D eigenvalue weighted by Crippen LogP contribution is 2.34. The van der Waals surface area contributed by atoms with Gasteiger partial charge in [0.05, 0.1) is 21.7 Å².